The molecule has 0 aliphatic rings. The summed E-state index contributed by atoms with van der Waals surface area (Å²) in [6, 6.07) is 13.4. The first-order valence-electron chi connectivity index (χ1n) is 6.53. The molecule has 0 spiro atoms. The summed E-state index contributed by atoms with van der Waals surface area (Å²) in [7, 11) is 0. The summed E-state index contributed by atoms with van der Waals surface area (Å²) in [5.41, 5.74) is 9.72. The highest BCUT2D eigenvalue weighted by molar-refractivity contribution is 5.81. The summed E-state index contributed by atoms with van der Waals surface area (Å²) < 4.78 is 0. The average molecular weight is 269 g/mol. The Balaban J connectivity index is 2.43. The van der Waals surface area contributed by atoms with Crippen LogP contribution in [0.3, 0.4) is 0 Å². The van der Waals surface area contributed by atoms with Crippen molar-refractivity contribution in [2.24, 2.45) is 0 Å². The number of anilines is 1. The molecule has 0 fully saturated rings. The summed E-state index contributed by atoms with van der Waals surface area (Å²) >= 11 is 0. The molecule has 20 heavy (non-hydrogen) atoms. The molecule has 2 aromatic rings. The summed E-state index contributed by atoms with van der Waals surface area (Å²) in [6.45, 7) is 5.42. The Morgan fingerprint density at radius 3 is 2.25 bits per heavy atom. The van der Waals surface area contributed by atoms with Crippen LogP contribution in [0.1, 0.15) is 25.0 Å². The van der Waals surface area contributed by atoms with Gasteiger partial charge in [0, 0.05) is 11.3 Å². The maximum atomic E-state index is 11.3. The largest absolute Gasteiger partial charge is 0.481 e. The molecule has 0 heterocycles. The van der Waals surface area contributed by atoms with Crippen molar-refractivity contribution in [3.8, 4) is 11.1 Å². The Labute approximate surface area is 119 Å². The van der Waals surface area contributed by atoms with E-state index < -0.39 is 11.4 Å². The summed E-state index contributed by atoms with van der Waals surface area (Å²) in [5.74, 6) is -0.833. The Morgan fingerprint density at radius 2 is 1.70 bits per heavy atom. The van der Waals surface area contributed by atoms with E-state index in [1.165, 1.54) is 0 Å². The predicted octanol–water partition coefficient (Wildman–Crippen LogP) is 3.61. The molecule has 0 radical (unpaired) electrons. The molecule has 0 aliphatic carbocycles. The monoisotopic (exact) mass is 269 g/mol. The smallest absolute Gasteiger partial charge is 0.313 e. The highest BCUT2D eigenvalue weighted by Crippen LogP contribution is 2.30. The fraction of sp³-hybridized carbons (Fsp3) is 0.235. The minimum absolute atomic E-state index is 0.723. The van der Waals surface area contributed by atoms with Gasteiger partial charge in [-0.05, 0) is 44.0 Å². The van der Waals surface area contributed by atoms with Gasteiger partial charge < -0.3 is 10.8 Å². The average Bonchev–Trinajstić information content (AvgIpc) is 2.41. The van der Waals surface area contributed by atoms with Crippen LogP contribution in [0.25, 0.3) is 11.1 Å². The lowest BCUT2D eigenvalue weighted by Gasteiger charge is -2.20. The molecular formula is C17H19NO2. The molecule has 0 saturated heterocycles. The molecule has 2 aromatic carbocycles. The molecule has 0 bridgehead atoms. The van der Waals surface area contributed by atoms with Crippen molar-refractivity contribution in [2.75, 3.05) is 5.73 Å². The standard InChI is InChI=1S/C17H19NO2/c1-11-4-9-15(18)14(10-11)12-5-7-13(8-6-12)17(2,3)16(19)20/h4-10H,18H2,1-3H3,(H,19,20). The van der Waals surface area contributed by atoms with Gasteiger partial charge in [-0.25, -0.2) is 0 Å². The highest BCUT2D eigenvalue weighted by atomic mass is 16.4. The minimum Gasteiger partial charge on any atom is -0.481 e. The molecule has 0 unspecified atom stereocenters. The molecule has 3 nitrogen and oxygen atoms in total. The van der Waals surface area contributed by atoms with Crippen LogP contribution in [-0.4, -0.2) is 11.1 Å². The van der Waals surface area contributed by atoms with E-state index >= 15 is 0 Å². The molecular weight excluding hydrogens is 250 g/mol. The number of benzene rings is 2. The van der Waals surface area contributed by atoms with E-state index in [1.807, 2.05) is 49.4 Å². The van der Waals surface area contributed by atoms with Gasteiger partial charge in [0.2, 0.25) is 0 Å². The second-order valence-corrected chi connectivity index (χ2v) is 5.60. The number of carboxylic acid groups (broad SMARTS) is 1. The van der Waals surface area contributed by atoms with Gasteiger partial charge in [-0.1, -0.05) is 35.9 Å². The first-order chi connectivity index (χ1) is 9.32. The Hall–Kier alpha value is -2.29. The van der Waals surface area contributed by atoms with Gasteiger partial charge in [0.1, 0.15) is 0 Å². The Morgan fingerprint density at radius 1 is 1.10 bits per heavy atom. The minimum atomic E-state index is -0.892. The molecule has 3 heteroatoms. The molecule has 0 atom stereocenters. The maximum absolute atomic E-state index is 11.3. The number of nitrogen functional groups attached to an aromatic ring is 1. The van der Waals surface area contributed by atoms with Gasteiger partial charge in [0.15, 0.2) is 0 Å². The number of hydrogen-bond acceptors (Lipinski definition) is 2. The van der Waals surface area contributed by atoms with Gasteiger partial charge in [-0.3, -0.25) is 4.79 Å². The second-order valence-electron chi connectivity index (χ2n) is 5.60. The van der Waals surface area contributed by atoms with Gasteiger partial charge >= 0.3 is 5.97 Å². The fourth-order valence-corrected chi connectivity index (χ4v) is 2.11. The third kappa shape index (κ3) is 2.52. The van der Waals surface area contributed by atoms with E-state index in [0.29, 0.717) is 0 Å². The number of rotatable bonds is 3. The predicted molar refractivity (Wildman–Crippen MR) is 81.7 cm³/mol. The number of carbonyl (C=O) groups is 1. The Kier molecular flexibility index (Phi) is 3.53. The van der Waals surface area contributed by atoms with Crippen LogP contribution in [0, 0.1) is 6.92 Å². The Bertz CT molecular complexity index is 643. The van der Waals surface area contributed by atoms with Crippen LogP contribution < -0.4 is 5.73 Å². The van der Waals surface area contributed by atoms with Crippen LogP contribution >= 0.6 is 0 Å². The summed E-state index contributed by atoms with van der Waals surface area (Å²) in [5, 5.41) is 9.24. The zero-order valence-corrected chi connectivity index (χ0v) is 12.0. The van der Waals surface area contributed by atoms with Crippen LogP contribution in [0.15, 0.2) is 42.5 Å². The first kappa shape index (κ1) is 14.1. The van der Waals surface area contributed by atoms with E-state index in [0.717, 1.165) is 27.9 Å². The number of aryl methyl sites for hydroxylation is 1. The van der Waals surface area contributed by atoms with Crippen molar-refractivity contribution >= 4 is 11.7 Å². The van der Waals surface area contributed by atoms with Crippen molar-refractivity contribution in [1.82, 2.24) is 0 Å². The zero-order valence-electron chi connectivity index (χ0n) is 12.0. The third-order valence-corrected chi connectivity index (χ3v) is 3.66. The van der Waals surface area contributed by atoms with E-state index in [1.54, 1.807) is 13.8 Å². The first-order valence-corrected chi connectivity index (χ1v) is 6.53. The zero-order chi connectivity index (χ0) is 14.9. The van der Waals surface area contributed by atoms with Crippen LogP contribution in [-0.2, 0) is 10.2 Å². The number of aliphatic carboxylic acids is 1. The highest BCUT2D eigenvalue weighted by Gasteiger charge is 2.29. The van der Waals surface area contributed by atoms with Gasteiger partial charge in [-0.2, -0.15) is 0 Å². The van der Waals surface area contributed by atoms with Gasteiger partial charge in [0.25, 0.3) is 0 Å². The lowest BCUT2D eigenvalue weighted by molar-refractivity contribution is -0.142. The second kappa shape index (κ2) is 5.00. The van der Waals surface area contributed by atoms with E-state index in [-0.39, 0.29) is 0 Å². The van der Waals surface area contributed by atoms with Crippen LogP contribution in [0.5, 0.6) is 0 Å². The molecule has 0 aromatic heterocycles. The summed E-state index contributed by atoms with van der Waals surface area (Å²) in [4.78, 5) is 11.3. The van der Waals surface area contributed by atoms with Crippen molar-refractivity contribution in [1.29, 1.82) is 0 Å². The molecule has 0 aliphatic heterocycles. The SMILES string of the molecule is Cc1ccc(N)c(-c2ccc(C(C)(C)C(=O)O)cc2)c1. The molecule has 2 rings (SSSR count). The van der Waals surface area contributed by atoms with Crippen molar-refractivity contribution in [2.45, 2.75) is 26.2 Å². The van der Waals surface area contributed by atoms with Gasteiger partial charge in [-0.15, -0.1) is 0 Å². The van der Waals surface area contributed by atoms with Crippen LogP contribution in [0.2, 0.25) is 0 Å². The number of hydrogen-bond donors (Lipinski definition) is 2. The van der Waals surface area contributed by atoms with Gasteiger partial charge in [0.05, 0.1) is 5.41 Å². The van der Waals surface area contributed by atoms with Crippen molar-refractivity contribution < 1.29 is 9.90 Å². The normalized spacial score (nSPS) is 11.3. The lowest BCUT2D eigenvalue weighted by Crippen LogP contribution is -2.28. The molecule has 0 saturated carbocycles. The van der Waals surface area contributed by atoms with Crippen LogP contribution in [0.4, 0.5) is 5.69 Å². The number of nitrogens with two attached hydrogens (primary N) is 1. The number of carboxylic acids is 1. The van der Waals surface area contributed by atoms with E-state index in [4.69, 9.17) is 5.73 Å². The maximum Gasteiger partial charge on any atom is 0.313 e. The summed E-state index contributed by atoms with van der Waals surface area (Å²) in [6.07, 6.45) is 0. The fourth-order valence-electron chi connectivity index (χ4n) is 2.11. The van der Waals surface area contributed by atoms with Crippen molar-refractivity contribution in [3.05, 3.63) is 53.6 Å². The molecule has 3 N–H and O–H groups in total. The third-order valence-electron chi connectivity index (χ3n) is 3.66. The topological polar surface area (TPSA) is 63.3 Å². The lowest BCUT2D eigenvalue weighted by atomic mass is 9.84. The van der Waals surface area contributed by atoms with E-state index in [2.05, 4.69) is 0 Å². The molecule has 104 valence electrons. The van der Waals surface area contributed by atoms with E-state index in [9.17, 15) is 9.90 Å². The van der Waals surface area contributed by atoms with Crippen molar-refractivity contribution in [3.63, 3.8) is 0 Å². The quantitative estimate of drug-likeness (QED) is 0.837. The molecule has 0 amide bonds.